The van der Waals surface area contributed by atoms with E-state index >= 15 is 0 Å². The minimum atomic E-state index is 0.385. The third-order valence-electron chi connectivity index (χ3n) is 3.95. The highest BCUT2D eigenvalue weighted by molar-refractivity contribution is 6.36. The molecule has 0 bridgehead atoms. The second-order valence-electron chi connectivity index (χ2n) is 5.84. The Morgan fingerprint density at radius 1 is 0.889 bits per heavy atom. The van der Waals surface area contributed by atoms with Crippen LogP contribution in [0.2, 0.25) is 15.1 Å². The molecule has 6 heteroatoms. The summed E-state index contributed by atoms with van der Waals surface area (Å²) in [4.78, 5) is 0. The number of rotatable bonds is 7. The molecule has 140 valence electrons. The van der Waals surface area contributed by atoms with Gasteiger partial charge in [0.1, 0.15) is 6.61 Å². The molecule has 0 unspecified atom stereocenters. The van der Waals surface area contributed by atoms with E-state index in [4.69, 9.17) is 44.3 Å². The van der Waals surface area contributed by atoms with Crippen molar-refractivity contribution >= 4 is 40.5 Å². The van der Waals surface area contributed by atoms with Crippen LogP contribution in [0.3, 0.4) is 0 Å². The third-order valence-corrected chi connectivity index (χ3v) is 4.74. The molecule has 0 spiro atoms. The predicted molar refractivity (Wildman–Crippen MR) is 113 cm³/mol. The molecule has 0 aliphatic rings. The fourth-order valence-corrected chi connectivity index (χ4v) is 3.32. The van der Waals surface area contributed by atoms with E-state index in [1.165, 1.54) is 0 Å². The highest BCUT2D eigenvalue weighted by Crippen LogP contribution is 2.33. The van der Waals surface area contributed by atoms with Crippen molar-refractivity contribution in [2.75, 3.05) is 12.4 Å². The molecule has 3 rings (SSSR count). The van der Waals surface area contributed by atoms with Crippen molar-refractivity contribution in [1.82, 2.24) is 0 Å². The quantitative estimate of drug-likeness (QED) is 0.452. The van der Waals surface area contributed by atoms with Gasteiger partial charge in [0, 0.05) is 22.2 Å². The fourth-order valence-electron chi connectivity index (χ4n) is 2.63. The van der Waals surface area contributed by atoms with Crippen LogP contribution in [0.4, 0.5) is 5.69 Å². The number of hydrogen-bond donors (Lipinski definition) is 1. The van der Waals surface area contributed by atoms with Crippen molar-refractivity contribution in [2.24, 2.45) is 0 Å². The molecule has 0 fully saturated rings. The Morgan fingerprint density at radius 3 is 2.41 bits per heavy atom. The Balaban J connectivity index is 1.78. The van der Waals surface area contributed by atoms with Gasteiger partial charge in [-0.3, -0.25) is 0 Å². The van der Waals surface area contributed by atoms with E-state index < -0.39 is 0 Å². The van der Waals surface area contributed by atoms with Crippen LogP contribution in [0.1, 0.15) is 11.1 Å². The number of anilines is 1. The minimum Gasteiger partial charge on any atom is -0.493 e. The molecule has 1 N–H and O–H groups in total. The van der Waals surface area contributed by atoms with Gasteiger partial charge in [-0.05, 0) is 42.0 Å². The first-order valence-corrected chi connectivity index (χ1v) is 9.42. The number of hydrogen-bond acceptors (Lipinski definition) is 3. The zero-order chi connectivity index (χ0) is 19.2. The third kappa shape index (κ3) is 5.23. The lowest BCUT2D eigenvalue weighted by Crippen LogP contribution is -2.05. The van der Waals surface area contributed by atoms with Gasteiger partial charge in [0.2, 0.25) is 0 Å². The number of para-hydroxylation sites is 1. The number of methoxy groups -OCH3 is 1. The van der Waals surface area contributed by atoms with E-state index in [9.17, 15) is 0 Å². The molecule has 0 saturated carbocycles. The van der Waals surface area contributed by atoms with E-state index in [0.29, 0.717) is 39.7 Å². The van der Waals surface area contributed by atoms with Crippen LogP contribution in [-0.2, 0) is 13.2 Å². The molecule has 3 nitrogen and oxygen atoms in total. The largest absolute Gasteiger partial charge is 0.493 e. The van der Waals surface area contributed by atoms with Gasteiger partial charge >= 0.3 is 0 Å². The summed E-state index contributed by atoms with van der Waals surface area (Å²) >= 11 is 18.2. The Labute approximate surface area is 173 Å². The molecular formula is C21H18Cl3NO2. The summed E-state index contributed by atoms with van der Waals surface area (Å²) in [7, 11) is 1.62. The molecule has 0 amide bonds. The summed E-state index contributed by atoms with van der Waals surface area (Å²) in [5, 5.41) is 5.14. The summed E-state index contributed by atoms with van der Waals surface area (Å²) in [6.45, 7) is 0.902. The summed E-state index contributed by atoms with van der Waals surface area (Å²) in [5.41, 5.74) is 2.72. The first kappa shape index (κ1) is 19.7. The maximum absolute atomic E-state index is 6.23. The van der Waals surface area contributed by atoms with Gasteiger partial charge in [-0.25, -0.2) is 0 Å². The van der Waals surface area contributed by atoms with Gasteiger partial charge in [0.15, 0.2) is 11.5 Å². The Hall–Kier alpha value is -2.07. The molecule has 0 radical (unpaired) electrons. The molecule has 0 atom stereocenters. The lowest BCUT2D eigenvalue weighted by atomic mass is 10.1. The maximum atomic E-state index is 6.23. The highest BCUT2D eigenvalue weighted by atomic mass is 35.5. The highest BCUT2D eigenvalue weighted by Gasteiger charge is 2.12. The van der Waals surface area contributed by atoms with E-state index in [2.05, 4.69) is 5.32 Å². The number of halogens is 3. The van der Waals surface area contributed by atoms with Crippen LogP contribution in [0, 0.1) is 0 Å². The van der Waals surface area contributed by atoms with Gasteiger partial charge in [-0.1, -0.05) is 59.1 Å². The fraction of sp³-hybridized carbons (Fsp3) is 0.143. The van der Waals surface area contributed by atoms with Gasteiger partial charge in [-0.2, -0.15) is 0 Å². The van der Waals surface area contributed by atoms with Crippen molar-refractivity contribution in [1.29, 1.82) is 0 Å². The van der Waals surface area contributed by atoms with Crippen molar-refractivity contribution in [3.8, 4) is 11.5 Å². The summed E-state index contributed by atoms with van der Waals surface area (Å²) in [6.07, 6.45) is 0. The summed E-state index contributed by atoms with van der Waals surface area (Å²) in [5.74, 6) is 1.34. The molecule has 0 saturated heterocycles. The normalized spacial score (nSPS) is 10.5. The molecule has 0 aromatic heterocycles. The second-order valence-corrected chi connectivity index (χ2v) is 7.12. The van der Waals surface area contributed by atoms with Crippen LogP contribution in [0.25, 0.3) is 0 Å². The molecule has 27 heavy (non-hydrogen) atoms. The van der Waals surface area contributed by atoms with Gasteiger partial charge < -0.3 is 14.8 Å². The first-order valence-electron chi connectivity index (χ1n) is 8.29. The number of benzene rings is 3. The molecule has 0 aliphatic carbocycles. The van der Waals surface area contributed by atoms with Crippen LogP contribution < -0.4 is 14.8 Å². The monoisotopic (exact) mass is 421 g/mol. The van der Waals surface area contributed by atoms with Crippen LogP contribution >= 0.6 is 34.8 Å². The average Bonchev–Trinajstić information content (AvgIpc) is 2.66. The van der Waals surface area contributed by atoms with Crippen molar-refractivity contribution in [3.05, 3.63) is 86.9 Å². The lowest BCUT2D eigenvalue weighted by Gasteiger charge is -2.16. The molecular weight excluding hydrogens is 405 g/mol. The minimum absolute atomic E-state index is 0.385. The molecule has 3 aromatic rings. The molecule has 0 aliphatic heterocycles. The SMILES string of the molecule is COc1cccc(CNc2ccc(Cl)cc2Cl)c1OCc1cccc(Cl)c1. The maximum Gasteiger partial charge on any atom is 0.166 e. The zero-order valence-corrected chi connectivity index (χ0v) is 16.9. The summed E-state index contributed by atoms with van der Waals surface area (Å²) in [6, 6.07) is 18.7. The standard InChI is InChI=1S/C21H18Cl3NO2/c1-26-20-7-3-5-15(12-25-19-9-8-17(23)11-18(19)24)21(20)27-13-14-4-2-6-16(22)10-14/h2-11,25H,12-13H2,1H3. The van der Waals surface area contributed by atoms with Crippen LogP contribution in [0.15, 0.2) is 60.7 Å². The molecule has 0 heterocycles. The van der Waals surface area contributed by atoms with Crippen LogP contribution in [0.5, 0.6) is 11.5 Å². The van der Waals surface area contributed by atoms with Crippen LogP contribution in [-0.4, -0.2) is 7.11 Å². The summed E-state index contributed by atoms with van der Waals surface area (Å²) < 4.78 is 11.5. The van der Waals surface area contributed by atoms with Crippen molar-refractivity contribution in [2.45, 2.75) is 13.2 Å². The van der Waals surface area contributed by atoms with Crippen molar-refractivity contribution < 1.29 is 9.47 Å². The lowest BCUT2D eigenvalue weighted by molar-refractivity contribution is 0.281. The first-order chi connectivity index (χ1) is 13.1. The Kier molecular flexibility index (Phi) is 6.73. The predicted octanol–water partition coefficient (Wildman–Crippen LogP) is 6.85. The van der Waals surface area contributed by atoms with Crippen molar-refractivity contribution in [3.63, 3.8) is 0 Å². The zero-order valence-electron chi connectivity index (χ0n) is 14.6. The molecule has 3 aromatic carbocycles. The van der Waals surface area contributed by atoms with E-state index in [0.717, 1.165) is 16.8 Å². The number of ether oxygens (including phenoxy) is 2. The topological polar surface area (TPSA) is 30.5 Å². The van der Waals surface area contributed by atoms with Gasteiger partial charge in [0.25, 0.3) is 0 Å². The smallest absolute Gasteiger partial charge is 0.166 e. The van der Waals surface area contributed by atoms with Gasteiger partial charge in [-0.15, -0.1) is 0 Å². The Bertz CT molecular complexity index is 931. The number of nitrogens with one attached hydrogen (secondary N) is 1. The van der Waals surface area contributed by atoms with Gasteiger partial charge in [0.05, 0.1) is 17.8 Å². The Morgan fingerprint density at radius 2 is 1.67 bits per heavy atom. The second kappa shape index (κ2) is 9.23. The van der Waals surface area contributed by atoms with E-state index in [1.54, 1.807) is 19.2 Å². The average molecular weight is 423 g/mol. The van der Waals surface area contributed by atoms with E-state index in [1.807, 2.05) is 48.5 Å². The van der Waals surface area contributed by atoms with E-state index in [-0.39, 0.29) is 0 Å².